The van der Waals surface area contributed by atoms with Crippen LogP contribution in [0.15, 0.2) is 0 Å². The van der Waals surface area contributed by atoms with E-state index in [0.717, 1.165) is 0 Å². The van der Waals surface area contributed by atoms with Gasteiger partial charge in [-0.05, 0) is 0 Å². The topological polar surface area (TPSA) is 60.2 Å². The minimum absolute atomic E-state index is 0.241. The van der Waals surface area contributed by atoms with Gasteiger partial charge in [0, 0.05) is 0 Å². The highest BCUT2D eigenvalue weighted by Gasteiger charge is 1.65. The van der Waals surface area contributed by atoms with Gasteiger partial charge < -0.3 is 5.73 Å². The summed E-state index contributed by atoms with van der Waals surface area (Å²) in [5, 5.41) is 0. The first-order chi connectivity index (χ1) is 2.27. The molecule has 0 amide bonds. The minimum Gasteiger partial charge on any atom is -0.318 e. The van der Waals surface area contributed by atoms with Crippen molar-refractivity contribution in [2.75, 3.05) is 5.88 Å². The number of hydrogen-bond acceptors (Lipinski definition) is 3. The summed E-state index contributed by atoms with van der Waals surface area (Å²) in [5.74, 6) is -0.241. The van der Waals surface area contributed by atoms with Crippen molar-refractivity contribution in [1.82, 2.24) is 0 Å². The van der Waals surface area contributed by atoms with Gasteiger partial charge in [-0.25, -0.2) is 8.42 Å². The second-order valence-corrected chi connectivity index (χ2v) is 1.55. The van der Waals surface area contributed by atoms with Crippen molar-refractivity contribution in [3.63, 3.8) is 0 Å². The van der Waals surface area contributed by atoms with Crippen molar-refractivity contribution in [2.24, 2.45) is 5.73 Å². The molecule has 0 saturated heterocycles. The second-order valence-electron chi connectivity index (χ2n) is 0.515. The quantitative estimate of drug-likeness (QED) is 0.390. The Bertz CT molecular complexity index is 67.7. The summed E-state index contributed by atoms with van der Waals surface area (Å²) in [5.41, 5.74) is 4.58. The molecule has 0 spiro atoms. The summed E-state index contributed by atoms with van der Waals surface area (Å²) >= 11 is 0. The monoisotopic (exact) mass is 95.0 g/mol. The molecule has 2 N–H and O–H groups in total. The van der Waals surface area contributed by atoms with E-state index in [1.54, 1.807) is 0 Å². The van der Waals surface area contributed by atoms with Gasteiger partial charge in [0.05, 0.1) is 5.88 Å². The van der Waals surface area contributed by atoms with E-state index in [1.165, 1.54) is 0 Å². The molecule has 0 unspecified atom stereocenters. The van der Waals surface area contributed by atoms with E-state index >= 15 is 0 Å². The molecule has 0 rings (SSSR count). The van der Waals surface area contributed by atoms with Crippen LogP contribution < -0.4 is 5.73 Å². The molecular weight excluding hydrogens is 90.1 g/mol. The Morgan fingerprint density at radius 3 is 1.80 bits per heavy atom. The molecule has 0 bridgehead atoms. The molecule has 32 valence electrons. The maximum atomic E-state index is 9.28. The lowest BCUT2D eigenvalue weighted by Gasteiger charge is -1.62. The summed E-state index contributed by atoms with van der Waals surface area (Å²) in [6.07, 6.45) is 0. The standard InChI is InChI=1S/CH5NO2S/c2-1-5(3)4/h5H,1-2H2. The lowest BCUT2D eigenvalue weighted by Crippen LogP contribution is -1.98. The third-order valence-electron chi connectivity index (χ3n) is 0.149. The van der Waals surface area contributed by atoms with Crippen LogP contribution in [0.3, 0.4) is 0 Å². The first-order valence-electron chi connectivity index (χ1n) is 1.09. The summed E-state index contributed by atoms with van der Waals surface area (Å²) in [4.78, 5) is 0. The van der Waals surface area contributed by atoms with Crippen molar-refractivity contribution in [3.8, 4) is 0 Å². The fourth-order valence-electron chi connectivity index (χ4n) is 0. The Morgan fingerprint density at radius 2 is 1.80 bits per heavy atom. The largest absolute Gasteiger partial charge is 0.318 e. The predicted octanol–water partition coefficient (Wildman–Crippen LogP) is -1.49. The second kappa shape index (κ2) is 2.17. The van der Waals surface area contributed by atoms with E-state index in [-0.39, 0.29) is 5.88 Å². The van der Waals surface area contributed by atoms with E-state index in [2.05, 4.69) is 5.73 Å². The molecule has 0 heterocycles. The Kier molecular flexibility index (Phi) is 2.13. The summed E-state index contributed by atoms with van der Waals surface area (Å²) < 4.78 is 18.6. The fraction of sp³-hybridized carbons (Fsp3) is 1.00. The lowest BCUT2D eigenvalue weighted by atomic mass is 11.6. The molecule has 4 heteroatoms. The summed E-state index contributed by atoms with van der Waals surface area (Å²) in [7, 11) is -2.32. The van der Waals surface area contributed by atoms with Crippen LogP contribution in [0, 0.1) is 0 Å². The zero-order valence-corrected chi connectivity index (χ0v) is 3.44. The van der Waals surface area contributed by atoms with E-state index < -0.39 is 10.7 Å². The zero-order chi connectivity index (χ0) is 4.28. The van der Waals surface area contributed by atoms with Crippen LogP contribution in [0.25, 0.3) is 0 Å². The molecule has 5 heavy (non-hydrogen) atoms. The van der Waals surface area contributed by atoms with Crippen molar-refractivity contribution >= 4 is 10.7 Å². The van der Waals surface area contributed by atoms with Crippen molar-refractivity contribution in [2.45, 2.75) is 0 Å². The number of hydrogen-bond donors (Lipinski definition) is 2. The van der Waals surface area contributed by atoms with Crippen LogP contribution in [0.5, 0.6) is 0 Å². The molecule has 0 radical (unpaired) electrons. The highest BCUT2D eigenvalue weighted by atomic mass is 32.2. The number of rotatable bonds is 1. The summed E-state index contributed by atoms with van der Waals surface area (Å²) in [6.45, 7) is 0. The molecule has 0 aromatic carbocycles. The van der Waals surface area contributed by atoms with Crippen molar-refractivity contribution < 1.29 is 8.42 Å². The van der Waals surface area contributed by atoms with Crippen molar-refractivity contribution in [1.29, 1.82) is 0 Å². The molecule has 0 aromatic rings. The number of thiol groups is 1. The van der Waals surface area contributed by atoms with Gasteiger partial charge in [0.1, 0.15) is 0 Å². The van der Waals surface area contributed by atoms with Gasteiger partial charge >= 0.3 is 0 Å². The Morgan fingerprint density at radius 1 is 1.60 bits per heavy atom. The molecular formula is CH5NO2S. The van der Waals surface area contributed by atoms with Crippen LogP contribution in [-0.4, -0.2) is 14.3 Å². The van der Waals surface area contributed by atoms with E-state index in [4.69, 9.17) is 0 Å². The van der Waals surface area contributed by atoms with Crippen LogP contribution in [0.4, 0.5) is 0 Å². The normalized spacial score (nSPS) is 9.20. The summed E-state index contributed by atoms with van der Waals surface area (Å²) in [6, 6.07) is 0. The number of nitrogens with two attached hydrogens (primary N) is 1. The van der Waals surface area contributed by atoms with Gasteiger partial charge in [-0.15, -0.1) is 0 Å². The van der Waals surface area contributed by atoms with Crippen LogP contribution in [0.2, 0.25) is 0 Å². The zero-order valence-electron chi connectivity index (χ0n) is 2.55. The fourth-order valence-corrected chi connectivity index (χ4v) is 0. The molecule has 3 nitrogen and oxygen atoms in total. The molecule has 0 aromatic heterocycles. The molecule has 0 saturated carbocycles. The van der Waals surface area contributed by atoms with Gasteiger partial charge in [0.15, 0.2) is 10.7 Å². The van der Waals surface area contributed by atoms with E-state index in [0.29, 0.717) is 0 Å². The maximum absolute atomic E-state index is 9.28. The molecule has 0 aliphatic rings. The van der Waals surface area contributed by atoms with Gasteiger partial charge in [-0.1, -0.05) is 0 Å². The van der Waals surface area contributed by atoms with Crippen LogP contribution in [0.1, 0.15) is 0 Å². The average molecular weight is 95.1 g/mol. The Labute approximate surface area is 31.7 Å². The molecule has 0 aliphatic heterocycles. The highest BCUT2D eigenvalue weighted by molar-refractivity contribution is 7.72. The first-order valence-corrected chi connectivity index (χ1v) is 2.45. The third kappa shape index (κ3) is 3.91. The lowest BCUT2D eigenvalue weighted by molar-refractivity contribution is 0.615. The van der Waals surface area contributed by atoms with Crippen LogP contribution >= 0.6 is 0 Å². The van der Waals surface area contributed by atoms with Crippen LogP contribution in [-0.2, 0) is 10.7 Å². The molecule has 0 fully saturated rings. The average Bonchev–Trinajstić information content (AvgIpc) is 1.38. The van der Waals surface area contributed by atoms with Gasteiger partial charge in [-0.3, -0.25) is 0 Å². The van der Waals surface area contributed by atoms with Crippen molar-refractivity contribution in [3.05, 3.63) is 0 Å². The van der Waals surface area contributed by atoms with Gasteiger partial charge in [0.2, 0.25) is 0 Å². The highest BCUT2D eigenvalue weighted by Crippen LogP contribution is 1.41. The van der Waals surface area contributed by atoms with Gasteiger partial charge in [0.25, 0.3) is 0 Å². The Hall–Kier alpha value is -0.0900. The van der Waals surface area contributed by atoms with E-state index in [9.17, 15) is 8.42 Å². The van der Waals surface area contributed by atoms with Gasteiger partial charge in [-0.2, -0.15) is 0 Å². The minimum atomic E-state index is -2.32. The first kappa shape index (κ1) is 4.91. The Balaban J connectivity index is 3.23. The molecule has 0 atom stereocenters. The third-order valence-corrected chi connectivity index (χ3v) is 0.447. The maximum Gasteiger partial charge on any atom is 0.152 e. The smallest absolute Gasteiger partial charge is 0.152 e. The SMILES string of the molecule is NC[SH](=O)=O. The van der Waals surface area contributed by atoms with E-state index in [1.807, 2.05) is 0 Å². The molecule has 0 aliphatic carbocycles. The predicted molar refractivity (Wildman–Crippen MR) is 19.4 cm³/mol.